The van der Waals surface area contributed by atoms with Gasteiger partial charge >= 0.3 is 0 Å². The van der Waals surface area contributed by atoms with Crippen LogP contribution in [0.15, 0.2) is 0 Å². The summed E-state index contributed by atoms with van der Waals surface area (Å²) in [6.45, 7) is 5.13. The lowest BCUT2D eigenvalue weighted by Crippen LogP contribution is -2.46. The normalized spacial score (nSPS) is 28.5. The van der Waals surface area contributed by atoms with Crippen molar-refractivity contribution in [3.8, 4) is 0 Å². The standard InChI is InChI=1S/C10H19N2O2P/c1-9(13)11-7-10-8-12(3-4-14-10)15-5-2-6-15/h10H,2-8H2,1H3,(H,11,13). The zero-order chi connectivity index (χ0) is 10.7. The van der Waals surface area contributed by atoms with Crippen molar-refractivity contribution in [2.75, 3.05) is 38.6 Å². The third-order valence-electron chi connectivity index (χ3n) is 2.93. The lowest BCUT2D eigenvalue weighted by molar-refractivity contribution is -0.119. The number of hydrogen-bond acceptors (Lipinski definition) is 3. The monoisotopic (exact) mass is 230 g/mol. The van der Waals surface area contributed by atoms with E-state index in [1.54, 1.807) is 6.92 Å². The van der Waals surface area contributed by atoms with Crippen molar-refractivity contribution in [1.82, 2.24) is 9.99 Å². The molecule has 0 aromatic carbocycles. The van der Waals surface area contributed by atoms with Crippen LogP contribution in [0.1, 0.15) is 13.3 Å². The molecule has 1 amide bonds. The van der Waals surface area contributed by atoms with E-state index in [2.05, 4.69) is 9.99 Å². The number of ether oxygens (including phenoxy) is 1. The van der Waals surface area contributed by atoms with Gasteiger partial charge < -0.3 is 10.1 Å². The van der Waals surface area contributed by atoms with Gasteiger partial charge in [0.15, 0.2) is 0 Å². The Morgan fingerprint density at radius 1 is 1.60 bits per heavy atom. The van der Waals surface area contributed by atoms with Crippen LogP contribution in [0.5, 0.6) is 0 Å². The molecule has 4 nitrogen and oxygen atoms in total. The number of nitrogens with zero attached hydrogens (tertiary/aromatic N) is 1. The Kier molecular flexibility index (Phi) is 3.95. The fourth-order valence-corrected chi connectivity index (χ4v) is 3.87. The predicted molar refractivity (Wildman–Crippen MR) is 61.3 cm³/mol. The maximum Gasteiger partial charge on any atom is 0.216 e. The van der Waals surface area contributed by atoms with E-state index in [0.29, 0.717) is 6.54 Å². The summed E-state index contributed by atoms with van der Waals surface area (Å²) in [4.78, 5) is 10.8. The lowest BCUT2D eigenvalue weighted by Gasteiger charge is -2.42. The number of morpholine rings is 1. The smallest absolute Gasteiger partial charge is 0.216 e. The minimum absolute atomic E-state index is 0.0325. The van der Waals surface area contributed by atoms with Gasteiger partial charge in [0.2, 0.25) is 5.91 Å². The van der Waals surface area contributed by atoms with E-state index in [0.717, 1.165) is 19.7 Å². The lowest BCUT2D eigenvalue weighted by atomic mass is 10.3. The fraction of sp³-hybridized carbons (Fsp3) is 0.900. The fourth-order valence-electron chi connectivity index (χ4n) is 1.92. The number of rotatable bonds is 3. The van der Waals surface area contributed by atoms with Crippen LogP contribution >= 0.6 is 8.07 Å². The molecule has 0 aromatic heterocycles. The SMILES string of the molecule is CC(=O)NCC1CN(P2CCC2)CCO1. The summed E-state index contributed by atoms with van der Waals surface area (Å²) >= 11 is 0. The summed E-state index contributed by atoms with van der Waals surface area (Å²) in [5, 5.41) is 2.83. The van der Waals surface area contributed by atoms with Crippen LogP contribution in [0, 0.1) is 0 Å². The maximum absolute atomic E-state index is 10.8. The Morgan fingerprint density at radius 2 is 2.40 bits per heavy atom. The summed E-state index contributed by atoms with van der Waals surface area (Å²) in [5.41, 5.74) is 0. The first-order valence-electron chi connectivity index (χ1n) is 5.61. The molecule has 2 saturated heterocycles. The van der Waals surface area contributed by atoms with Crippen LogP contribution in [-0.2, 0) is 9.53 Å². The van der Waals surface area contributed by atoms with Crippen molar-refractivity contribution in [3.05, 3.63) is 0 Å². The topological polar surface area (TPSA) is 41.6 Å². The Balaban J connectivity index is 1.73. The average Bonchev–Trinajstić information content (AvgIpc) is 2.13. The molecule has 1 N–H and O–H groups in total. The molecule has 2 aliphatic rings. The van der Waals surface area contributed by atoms with Gasteiger partial charge in [-0.1, -0.05) is 0 Å². The first-order valence-corrected chi connectivity index (χ1v) is 7.28. The molecule has 2 rings (SSSR count). The molecule has 1 unspecified atom stereocenters. The molecule has 0 saturated carbocycles. The van der Waals surface area contributed by atoms with Crippen molar-refractivity contribution in [3.63, 3.8) is 0 Å². The van der Waals surface area contributed by atoms with E-state index >= 15 is 0 Å². The first-order chi connectivity index (χ1) is 7.25. The van der Waals surface area contributed by atoms with Crippen molar-refractivity contribution >= 4 is 14.0 Å². The molecular weight excluding hydrogens is 211 g/mol. The van der Waals surface area contributed by atoms with Crippen LogP contribution < -0.4 is 5.32 Å². The minimum atomic E-state index is 0.0325. The summed E-state index contributed by atoms with van der Waals surface area (Å²) in [6.07, 6.45) is 4.41. The van der Waals surface area contributed by atoms with Gasteiger partial charge in [-0.2, -0.15) is 0 Å². The molecule has 5 heteroatoms. The average molecular weight is 230 g/mol. The Labute approximate surface area is 92.2 Å². The molecule has 0 spiro atoms. The molecule has 2 heterocycles. The first kappa shape index (κ1) is 11.3. The molecule has 0 radical (unpaired) electrons. The van der Waals surface area contributed by atoms with Crippen LogP contribution in [-0.4, -0.2) is 55.2 Å². The zero-order valence-electron chi connectivity index (χ0n) is 9.24. The van der Waals surface area contributed by atoms with E-state index in [1.807, 2.05) is 0 Å². The summed E-state index contributed by atoms with van der Waals surface area (Å²) in [7, 11) is 0.172. The van der Waals surface area contributed by atoms with Crippen molar-refractivity contribution in [2.24, 2.45) is 0 Å². The van der Waals surface area contributed by atoms with Gasteiger partial charge in [-0.3, -0.25) is 9.46 Å². The Bertz CT molecular complexity index is 233. The highest BCUT2D eigenvalue weighted by molar-refractivity contribution is 7.56. The molecule has 0 bridgehead atoms. The van der Waals surface area contributed by atoms with Crippen LogP contribution in [0.2, 0.25) is 0 Å². The van der Waals surface area contributed by atoms with E-state index < -0.39 is 0 Å². The van der Waals surface area contributed by atoms with Gasteiger partial charge in [-0.25, -0.2) is 0 Å². The highest BCUT2D eigenvalue weighted by Crippen LogP contribution is 2.49. The van der Waals surface area contributed by atoms with Gasteiger partial charge in [0.05, 0.1) is 12.7 Å². The van der Waals surface area contributed by atoms with E-state index in [9.17, 15) is 4.79 Å². The maximum atomic E-state index is 10.8. The van der Waals surface area contributed by atoms with E-state index in [1.165, 1.54) is 18.7 Å². The van der Waals surface area contributed by atoms with Crippen LogP contribution in [0.4, 0.5) is 0 Å². The van der Waals surface area contributed by atoms with E-state index in [4.69, 9.17) is 4.74 Å². The number of nitrogens with one attached hydrogen (secondary N) is 1. The molecule has 0 aliphatic carbocycles. The van der Waals surface area contributed by atoms with E-state index in [-0.39, 0.29) is 20.1 Å². The van der Waals surface area contributed by atoms with Crippen molar-refractivity contribution in [2.45, 2.75) is 19.4 Å². The Morgan fingerprint density at radius 3 is 3.00 bits per heavy atom. The highest BCUT2D eigenvalue weighted by atomic mass is 31.1. The summed E-state index contributed by atoms with van der Waals surface area (Å²) in [5.74, 6) is 0.0325. The molecule has 2 fully saturated rings. The number of hydrogen-bond donors (Lipinski definition) is 1. The second-order valence-corrected chi connectivity index (χ2v) is 6.62. The third kappa shape index (κ3) is 3.13. The second-order valence-electron chi connectivity index (χ2n) is 4.15. The van der Waals surface area contributed by atoms with Crippen LogP contribution in [0.25, 0.3) is 0 Å². The van der Waals surface area contributed by atoms with Gasteiger partial charge in [-0.15, -0.1) is 0 Å². The number of carbonyl (C=O) groups is 1. The molecule has 2 aliphatic heterocycles. The second kappa shape index (κ2) is 5.24. The minimum Gasteiger partial charge on any atom is -0.374 e. The third-order valence-corrected chi connectivity index (χ3v) is 5.76. The van der Waals surface area contributed by atoms with Gasteiger partial charge in [0, 0.05) is 26.6 Å². The van der Waals surface area contributed by atoms with Gasteiger partial charge in [0.1, 0.15) is 0 Å². The number of carbonyl (C=O) groups excluding carboxylic acids is 1. The highest BCUT2D eigenvalue weighted by Gasteiger charge is 2.29. The molecule has 0 aromatic rings. The zero-order valence-corrected chi connectivity index (χ0v) is 10.1. The predicted octanol–water partition coefficient (Wildman–Crippen LogP) is 0.624. The van der Waals surface area contributed by atoms with Gasteiger partial charge in [-0.05, 0) is 26.8 Å². The largest absolute Gasteiger partial charge is 0.374 e. The van der Waals surface area contributed by atoms with Gasteiger partial charge in [0.25, 0.3) is 0 Å². The summed E-state index contributed by atoms with van der Waals surface area (Å²) in [6, 6.07) is 0. The molecule has 1 atom stereocenters. The molecule has 86 valence electrons. The molecular formula is C10H19N2O2P. The van der Waals surface area contributed by atoms with Crippen molar-refractivity contribution < 1.29 is 9.53 Å². The number of amides is 1. The van der Waals surface area contributed by atoms with Crippen molar-refractivity contribution in [1.29, 1.82) is 0 Å². The molecule has 15 heavy (non-hydrogen) atoms. The Hall–Kier alpha value is -0.180. The summed E-state index contributed by atoms with van der Waals surface area (Å²) < 4.78 is 8.21. The van der Waals surface area contributed by atoms with Crippen LogP contribution in [0.3, 0.4) is 0 Å². The quantitative estimate of drug-likeness (QED) is 0.723.